The van der Waals surface area contributed by atoms with Crippen molar-refractivity contribution in [1.29, 1.82) is 0 Å². The smallest absolute Gasteiger partial charge is 0.252 e. The van der Waals surface area contributed by atoms with Crippen LogP contribution in [0.15, 0.2) is 4.52 Å². The molecular weight excluding hydrogens is 270 g/mol. The van der Waals surface area contributed by atoms with Gasteiger partial charge in [0, 0.05) is 19.7 Å². The molecule has 3 rings (SSSR count). The number of hydrogen-bond donors (Lipinski definition) is 1. The molecule has 2 fully saturated rings. The highest BCUT2D eigenvalue weighted by atomic mass is 16.5. The van der Waals surface area contributed by atoms with Gasteiger partial charge in [0.1, 0.15) is 12.2 Å². The highest BCUT2D eigenvalue weighted by Gasteiger charge is 2.39. The number of rotatable bonds is 6. The van der Waals surface area contributed by atoms with Gasteiger partial charge in [0.25, 0.3) is 5.89 Å². The Hall–Kier alpha value is -0.980. The normalized spacial score (nSPS) is 23.7. The SMILES string of the molecule is CCOC1(c2noc(COC3(C)CNC3)n2)CCCCC1. The van der Waals surface area contributed by atoms with Crippen molar-refractivity contribution in [1.82, 2.24) is 15.5 Å². The summed E-state index contributed by atoms with van der Waals surface area (Å²) in [5, 5.41) is 7.37. The maximum absolute atomic E-state index is 6.01. The molecule has 1 saturated heterocycles. The maximum Gasteiger partial charge on any atom is 0.252 e. The van der Waals surface area contributed by atoms with Crippen molar-refractivity contribution in [3.05, 3.63) is 11.7 Å². The van der Waals surface area contributed by atoms with Crippen LogP contribution in [0.4, 0.5) is 0 Å². The third-order valence-electron chi connectivity index (χ3n) is 4.50. The first-order chi connectivity index (χ1) is 10.2. The molecule has 0 bridgehead atoms. The fourth-order valence-corrected chi connectivity index (χ4v) is 3.15. The molecule has 0 unspecified atom stereocenters. The van der Waals surface area contributed by atoms with Crippen LogP contribution in [-0.2, 0) is 21.7 Å². The minimum absolute atomic E-state index is 0.100. The van der Waals surface area contributed by atoms with Crippen molar-refractivity contribution in [3.63, 3.8) is 0 Å². The first-order valence-electron chi connectivity index (χ1n) is 7.98. The first-order valence-corrected chi connectivity index (χ1v) is 7.98. The van der Waals surface area contributed by atoms with E-state index < -0.39 is 0 Å². The Morgan fingerprint density at radius 2 is 1.95 bits per heavy atom. The lowest BCUT2D eigenvalue weighted by Gasteiger charge is -2.38. The van der Waals surface area contributed by atoms with Crippen LogP contribution in [0.1, 0.15) is 57.7 Å². The lowest BCUT2D eigenvalue weighted by Crippen LogP contribution is -2.58. The van der Waals surface area contributed by atoms with E-state index in [1.807, 2.05) is 6.92 Å². The molecule has 0 spiro atoms. The Morgan fingerprint density at radius 3 is 2.57 bits per heavy atom. The van der Waals surface area contributed by atoms with Crippen LogP contribution < -0.4 is 5.32 Å². The van der Waals surface area contributed by atoms with Gasteiger partial charge < -0.3 is 19.3 Å². The van der Waals surface area contributed by atoms with E-state index in [-0.39, 0.29) is 11.2 Å². The third kappa shape index (κ3) is 3.12. The Kier molecular flexibility index (Phi) is 4.28. The summed E-state index contributed by atoms with van der Waals surface area (Å²) in [7, 11) is 0. The molecular formula is C15H25N3O3. The number of ether oxygens (including phenoxy) is 2. The lowest BCUT2D eigenvalue weighted by atomic mass is 9.84. The third-order valence-corrected chi connectivity index (χ3v) is 4.50. The average molecular weight is 295 g/mol. The van der Waals surface area contributed by atoms with E-state index in [1.54, 1.807) is 0 Å². The van der Waals surface area contributed by atoms with Gasteiger partial charge in [-0.25, -0.2) is 0 Å². The molecule has 2 heterocycles. The van der Waals surface area contributed by atoms with Crippen molar-refractivity contribution >= 4 is 0 Å². The van der Waals surface area contributed by atoms with Gasteiger partial charge in [-0.3, -0.25) is 0 Å². The van der Waals surface area contributed by atoms with Gasteiger partial charge in [-0.05, 0) is 26.7 Å². The summed E-state index contributed by atoms with van der Waals surface area (Å²) in [5.74, 6) is 1.24. The fourth-order valence-electron chi connectivity index (χ4n) is 3.15. The van der Waals surface area contributed by atoms with Crippen molar-refractivity contribution in [2.45, 2.75) is 63.8 Å². The predicted octanol–water partition coefficient (Wildman–Crippen LogP) is 2.14. The summed E-state index contributed by atoms with van der Waals surface area (Å²) in [6.45, 7) is 6.89. The minimum Gasteiger partial charge on any atom is -0.367 e. The highest BCUT2D eigenvalue weighted by molar-refractivity contribution is 5.03. The van der Waals surface area contributed by atoms with Crippen molar-refractivity contribution in [3.8, 4) is 0 Å². The maximum atomic E-state index is 6.01. The molecule has 0 aromatic carbocycles. The van der Waals surface area contributed by atoms with E-state index in [4.69, 9.17) is 14.0 Å². The second-order valence-electron chi connectivity index (χ2n) is 6.34. The molecule has 1 saturated carbocycles. The van der Waals surface area contributed by atoms with E-state index in [2.05, 4.69) is 22.4 Å². The summed E-state index contributed by atoms with van der Waals surface area (Å²) < 4.78 is 17.2. The van der Waals surface area contributed by atoms with Gasteiger partial charge in [0.05, 0.1) is 5.60 Å². The van der Waals surface area contributed by atoms with E-state index >= 15 is 0 Å². The summed E-state index contributed by atoms with van der Waals surface area (Å²) in [6.07, 6.45) is 5.52. The van der Waals surface area contributed by atoms with Crippen LogP contribution in [0, 0.1) is 0 Å². The molecule has 118 valence electrons. The number of aromatic nitrogens is 2. The van der Waals surface area contributed by atoms with Crippen LogP contribution >= 0.6 is 0 Å². The van der Waals surface area contributed by atoms with E-state index in [0.717, 1.165) is 38.8 Å². The van der Waals surface area contributed by atoms with Gasteiger partial charge in [-0.2, -0.15) is 4.98 Å². The molecule has 1 aliphatic carbocycles. The van der Waals surface area contributed by atoms with Crippen molar-refractivity contribution in [2.24, 2.45) is 0 Å². The molecule has 1 aliphatic heterocycles. The van der Waals surface area contributed by atoms with Gasteiger partial charge in [-0.1, -0.05) is 24.4 Å². The molecule has 6 heteroatoms. The van der Waals surface area contributed by atoms with E-state index in [0.29, 0.717) is 24.9 Å². The minimum atomic E-state index is -0.351. The second kappa shape index (κ2) is 6.02. The Balaban J connectivity index is 1.67. The molecule has 2 aliphatic rings. The topological polar surface area (TPSA) is 69.4 Å². The van der Waals surface area contributed by atoms with Gasteiger partial charge >= 0.3 is 0 Å². The molecule has 1 aromatic rings. The second-order valence-corrected chi connectivity index (χ2v) is 6.34. The number of nitrogens with zero attached hydrogens (tertiary/aromatic N) is 2. The molecule has 6 nitrogen and oxygen atoms in total. The van der Waals surface area contributed by atoms with Gasteiger partial charge in [0.15, 0.2) is 0 Å². The lowest BCUT2D eigenvalue weighted by molar-refractivity contribution is -0.0841. The zero-order valence-corrected chi connectivity index (χ0v) is 13.0. The largest absolute Gasteiger partial charge is 0.367 e. The average Bonchev–Trinajstić information content (AvgIpc) is 2.94. The highest BCUT2D eigenvalue weighted by Crippen LogP contribution is 2.39. The van der Waals surface area contributed by atoms with Crippen LogP contribution in [0.3, 0.4) is 0 Å². The molecule has 1 aromatic heterocycles. The molecule has 0 amide bonds. The predicted molar refractivity (Wildman–Crippen MR) is 76.8 cm³/mol. The Morgan fingerprint density at radius 1 is 1.19 bits per heavy atom. The Bertz CT molecular complexity index is 459. The van der Waals surface area contributed by atoms with Crippen molar-refractivity contribution in [2.75, 3.05) is 19.7 Å². The Labute approximate surface area is 125 Å². The summed E-state index contributed by atoms with van der Waals surface area (Å²) >= 11 is 0. The van der Waals surface area contributed by atoms with Crippen molar-refractivity contribution < 1.29 is 14.0 Å². The number of nitrogens with one attached hydrogen (secondary N) is 1. The van der Waals surface area contributed by atoms with Crippen LogP contribution in [0.5, 0.6) is 0 Å². The monoisotopic (exact) mass is 295 g/mol. The summed E-state index contributed by atoms with van der Waals surface area (Å²) in [6, 6.07) is 0. The van der Waals surface area contributed by atoms with Crippen LogP contribution in [-0.4, -0.2) is 35.4 Å². The fraction of sp³-hybridized carbons (Fsp3) is 0.867. The van der Waals surface area contributed by atoms with Crippen LogP contribution in [0.25, 0.3) is 0 Å². The summed E-state index contributed by atoms with van der Waals surface area (Å²) in [5.41, 5.74) is -0.451. The summed E-state index contributed by atoms with van der Waals surface area (Å²) in [4.78, 5) is 4.54. The molecule has 0 radical (unpaired) electrons. The van der Waals surface area contributed by atoms with Crippen LogP contribution in [0.2, 0.25) is 0 Å². The molecule has 0 atom stereocenters. The van der Waals surface area contributed by atoms with E-state index in [9.17, 15) is 0 Å². The standard InChI is InChI=1S/C15H25N3O3/c1-3-19-15(7-5-4-6-8-15)13-17-12(21-18-13)9-20-14(2)10-16-11-14/h16H,3-11H2,1-2H3. The zero-order chi connectivity index (χ0) is 14.8. The molecule has 1 N–H and O–H groups in total. The van der Waals surface area contributed by atoms with E-state index in [1.165, 1.54) is 6.42 Å². The first kappa shape index (κ1) is 14.9. The van der Waals surface area contributed by atoms with Gasteiger partial charge in [0.2, 0.25) is 5.82 Å². The zero-order valence-electron chi connectivity index (χ0n) is 13.0. The number of hydrogen-bond acceptors (Lipinski definition) is 6. The molecule has 21 heavy (non-hydrogen) atoms. The van der Waals surface area contributed by atoms with Gasteiger partial charge in [-0.15, -0.1) is 0 Å². The quantitative estimate of drug-likeness (QED) is 0.867.